The summed E-state index contributed by atoms with van der Waals surface area (Å²) in [4.78, 5) is 2.64. The fraction of sp³-hybridized carbons (Fsp3) is 0.310. The number of fused-ring (bicyclic) bond motifs is 5. The molecule has 59 heavy (non-hydrogen) atoms. The first-order valence-electron chi connectivity index (χ1n) is 22.6. The Balaban J connectivity index is 1.12. The van der Waals surface area contributed by atoms with Gasteiger partial charge in [-0.3, -0.25) is 0 Å². The average molecular weight is 766 g/mol. The summed E-state index contributed by atoms with van der Waals surface area (Å²) < 4.78 is 0. The molecule has 1 heteroatoms. The molecule has 13 rings (SSSR count). The molecule has 0 radical (unpaired) electrons. The van der Waals surface area contributed by atoms with Crippen LogP contribution in [0.3, 0.4) is 0 Å². The molecule has 4 fully saturated rings. The van der Waals surface area contributed by atoms with Crippen molar-refractivity contribution in [2.45, 2.75) is 88.9 Å². The zero-order valence-corrected chi connectivity index (χ0v) is 35.1. The first-order chi connectivity index (χ1) is 28.7. The molecule has 1 nitrogen and oxygen atoms in total. The molecule has 7 aromatic carbocycles. The van der Waals surface area contributed by atoms with Crippen molar-refractivity contribution in [3.8, 4) is 33.4 Å². The van der Waals surface area contributed by atoms with E-state index in [0.29, 0.717) is 11.8 Å². The van der Waals surface area contributed by atoms with E-state index in [4.69, 9.17) is 0 Å². The Morgan fingerprint density at radius 3 is 1.80 bits per heavy atom. The lowest BCUT2D eigenvalue weighted by molar-refractivity contribution is -0.0399. The third-order valence-electron chi connectivity index (χ3n) is 16.3. The van der Waals surface area contributed by atoms with Crippen LogP contribution in [0.1, 0.15) is 94.9 Å². The normalized spacial score (nSPS) is 25.2. The number of benzene rings is 7. The quantitative estimate of drug-likeness (QED) is 0.169. The second-order valence-electron chi connectivity index (χ2n) is 20.4. The number of rotatable bonds is 5. The van der Waals surface area contributed by atoms with Crippen LogP contribution < -0.4 is 4.90 Å². The van der Waals surface area contributed by atoms with Gasteiger partial charge in [0.25, 0.3) is 0 Å². The summed E-state index contributed by atoms with van der Waals surface area (Å²) in [5, 5.41) is 2.57. The molecule has 0 aliphatic heterocycles. The number of hydrogen-bond acceptors (Lipinski definition) is 1. The molecule has 0 N–H and O–H groups in total. The van der Waals surface area contributed by atoms with Gasteiger partial charge in [-0.15, -0.1) is 0 Å². The lowest BCUT2D eigenvalue weighted by Gasteiger charge is -2.61. The zero-order valence-electron chi connectivity index (χ0n) is 35.1. The van der Waals surface area contributed by atoms with Crippen LogP contribution in [-0.2, 0) is 16.2 Å². The minimum Gasteiger partial charge on any atom is -0.310 e. The van der Waals surface area contributed by atoms with Gasteiger partial charge >= 0.3 is 0 Å². The van der Waals surface area contributed by atoms with Crippen LogP contribution in [0.25, 0.3) is 44.2 Å². The van der Waals surface area contributed by atoms with Gasteiger partial charge in [0.2, 0.25) is 0 Å². The summed E-state index contributed by atoms with van der Waals surface area (Å²) in [6.07, 6.45) is 9.38. The maximum absolute atomic E-state index is 2.72. The van der Waals surface area contributed by atoms with Gasteiger partial charge in [-0.1, -0.05) is 143 Å². The lowest BCUT2D eigenvalue weighted by atomic mass is 9.43. The predicted octanol–water partition coefficient (Wildman–Crippen LogP) is 15.7. The highest BCUT2D eigenvalue weighted by atomic mass is 15.1. The molecule has 0 atom stereocenters. The van der Waals surface area contributed by atoms with E-state index in [1.807, 2.05) is 0 Å². The van der Waals surface area contributed by atoms with Gasteiger partial charge < -0.3 is 4.90 Å². The minimum absolute atomic E-state index is 0.0784. The topological polar surface area (TPSA) is 3.24 Å². The molecule has 0 saturated heterocycles. The summed E-state index contributed by atoms with van der Waals surface area (Å²) in [7, 11) is 0. The van der Waals surface area contributed by atoms with Gasteiger partial charge in [-0.05, 0) is 177 Å². The Morgan fingerprint density at radius 1 is 0.424 bits per heavy atom. The van der Waals surface area contributed by atoms with E-state index in [9.17, 15) is 0 Å². The molecule has 4 saturated carbocycles. The van der Waals surface area contributed by atoms with Crippen molar-refractivity contribution in [3.63, 3.8) is 0 Å². The van der Waals surface area contributed by atoms with Crippen LogP contribution in [0.15, 0.2) is 152 Å². The van der Waals surface area contributed by atoms with Crippen molar-refractivity contribution >= 4 is 27.8 Å². The zero-order chi connectivity index (χ0) is 39.7. The van der Waals surface area contributed by atoms with Crippen molar-refractivity contribution in [2.75, 3.05) is 4.90 Å². The van der Waals surface area contributed by atoms with Crippen molar-refractivity contribution in [1.29, 1.82) is 0 Å². The summed E-state index contributed by atoms with van der Waals surface area (Å²) in [6, 6.07) is 58.6. The van der Waals surface area contributed by atoms with E-state index in [1.165, 1.54) is 117 Å². The average Bonchev–Trinajstić information content (AvgIpc) is 3.54. The Labute approximate surface area is 351 Å². The Morgan fingerprint density at radius 2 is 1.03 bits per heavy atom. The van der Waals surface area contributed by atoms with E-state index in [-0.39, 0.29) is 16.2 Å². The Bertz CT molecular complexity index is 2750. The molecule has 1 spiro atoms. The van der Waals surface area contributed by atoms with Gasteiger partial charge in [0.05, 0.1) is 5.69 Å². The molecule has 292 valence electrons. The van der Waals surface area contributed by atoms with Crippen LogP contribution >= 0.6 is 0 Å². The summed E-state index contributed by atoms with van der Waals surface area (Å²) in [6.45, 7) is 9.82. The third-order valence-corrected chi connectivity index (χ3v) is 16.3. The number of nitrogens with zero attached hydrogens (tertiary/aromatic N) is 1. The van der Waals surface area contributed by atoms with Crippen LogP contribution in [-0.4, -0.2) is 0 Å². The van der Waals surface area contributed by atoms with E-state index >= 15 is 0 Å². The van der Waals surface area contributed by atoms with Crippen molar-refractivity contribution in [2.24, 2.45) is 23.7 Å². The second kappa shape index (κ2) is 12.8. The molecule has 0 heterocycles. The maximum atomic E-state index is 2.72. The highest BCUT2D eigenvalue weighted by Gasteiger charge is 2.61. The molecular formula is C58H55N. The largest absolute Gasteiger partial charge is 0.310 e. The van der Waals surface area contributed by atoms with Gasteiger partial charge in [0.15, 0.2) is 0 Å². The molecule has 0 unspecified atom stereocenters. The molecule has 0 aromatic heterocycles. The SMILES string of the molecule is CC1(C)CCC(C)(C)c2cc(N(c3ccc(-c4cccc5ccccc45)cc3)c3cc4c(cc3-c3ccccc3)-c3ccccc3C43C4CC5CC(C4)CC3C5)ccc21. The van der Waals surface area contributed by atoms with Gasteiger partial charge in [0.1, 0.15) is 0 Å². The van der Waals surface area contributed by atoms with E-state index in [2.05, 4.69) is 184 Å². The molecule has 4 bridgehead atoms. The van der Waals surface area contributed by atoms with Crippen molar-refractivity contribution in [1.82, 2.24) is 0 Å². The highest BCUT2D eigenvalue weighted by molar-refractivity contribution is 5.98. The Kier molecular flexibility index (Phi) is 7.71. The summed E-state index contributed by atoms with van der Waals surface area (Å²) in [5.41, 5.74) is 18.3. The number of anilines is 3. The van der Waals surface area contributed by atoms with Crippen LogP contribution in [0.2, 0.25) is 0 Å². The number of hydrogen-bond donors (Lipinski definition) is 0. The fourth-order valence-electron chi connectivity index (χ4n) is 13.6. The predicted molar refractivity (Wildman–Crippen MR) is 248 cm³/mol. The van der Waals surface area contributed by atoms with E-state index < -0.39 is 0 Å². The molecular weight excluding hydrogens is 711 g/mol. The second-order valence-corrected chi connectivity index (χ2v) is 20.4. The smallest absolute Gasteiger partial charge is 0.0543 e. The van der Waals surface area contributed by atoms with E-state index in [0.717, 1.165) is 11.8 Å². The van der Waals surface area contributed by atoms with Gasteiger partial charge in [0, 0.05) is 22.4 Å². The standard InChI is InChI=1S/C58H55N/c1-56(2)27-28-57(3,4)54-34-45(25-26-52(54)56)59(44-23-21-41(22-24-44)47-19-12-16-39-15-8-9-17-46(39)47)55-36-53-50(35-49(55)40-13-6-5-7-14-40)48-18-10-11-20-51(48)58(53)42-30-37-29-38(32-42)33-43(58)31-37/h5-26,34-38,42-43H,27-33H2,1-4H3. The van der Waals surface area contributed by atoms with E-state index in [1.54, 1.807) is 11.1 Å². The minimum atomic E-state index is 0.0784. The molecule has 6 aliphatic rings. The molecule has 6 aliphatic carbocycles. The monoisotopic (exact) mass is 765 g/mol. The molecule has 0 amide bonds. The first-order valence-corrected chi connectivity index (χ1v) is 22.6. The van der Waals surface area contributed by atoms with Crippen molar-refractivity contribution in [3.05, 3.63) is 174 Å². The van der Waals surface area contributed by atoms with Crippen LogP contribution in [0, 0.1) is 23.7 Å². The van der Waals surface area contributed by atoms with Gasteiger partial charge in [-0.25, -0.2) is 0 Å². The van der Waals surface area contributed by atoms with Crippen molar-refractivity contribution < 1.29 is 0 Å². The Hall–Kier alpha value is -5.40. The lowest BCUT2D eigenvalue weighted by Crippen LogP contribution is -2.55. The van der Waals surface area contributed by atoms with Gasteiger partial charge in [-0.2, -0.15) is 0 Å². The third kappa shape index (κ3) is 5.22. The highest BCUT2D eigenvalue weighted by Crippen LogP contribution is 2.70. The summed E-state index contributed by atoms with van der Waals surface area (Å²) >= 11 is 0. The summed E-state index contributed by atoms with van der Waals surface area (Å²) in [5.74, 6) is 3.22. The fourth-order valence-corrected chi connectivity index (χ4v) is 13.6. The first kappa shape index (κ1) is 35.5. The van der Waals surface area contributed by atoms with Crippen LogP contribution in [0.4, 0.5) is 17.1 Å². The molecule has 7 aromatic rings. The van der Waals surface area contributed by atoms with Crippen LogP contribution in [0.5, 0.6) is 0 Å². The maximum Gasteiger partial charge on any atom is 0.0543 e.